The fourth-order valence-corrected chi connectivity index (χ4v) is 5.24. The number of esters is 1. The third-order valence-electron chi connectivity index (χ3n) is 5.77. The van der Waals surface area contributed by atoms with E-state index >= 15 is 0 Å². The van der Waals surface area contributed by atoms with Gasteiger partial charge in [0.05, 0.1) is 48.8 Å². The maximum absolute atomic E-state index is 13.8. The first-order valence-corrected chi connectivity index (χ1v) is 12.8. The first kappa shape index (κ1) is 26.2. The van der Waals surface area contributed by atoms with Crippen LogP contribution in [0.25, 0.3) is 6.08 Å². The molecule has 1 aromatic heterocycles. The van der Waals surface area contributed by atoms with Crippen molar-refractivity contribution >= 4 is 23.4 Å². The molecule has 4 rings (SSSR count). The molecule has 1 atom stereocenters. The lowest BCUT2D eigenvalue weighted by Gasteiger charge is -2.25. The van der Waals surface area contributed by atoms with Crippen LogP contribution in [-0.2, 0) is 9.53 Å². The molecule has 0 bridgehead atoms. The van der Waals surface area contributed by atoms with Gasteiger partial charge in [0.1, 0.15) is 5.75 Å². The van der Waals surface area contributed by atoms with Gasteiger partial charge in [0.15, 0.2) is 16.3 Å². The summed E-state index contributed by atoms with van der Waals surface area (Å²) in [4.78, 5) is 32.0. The van der Waals surface area contributed by atoms with Gasteiger partial charge in [-0.25, -0.2) is 9.79 Å². The molecule has 2 aromatic carbocycles. The van der Waals surface area contributed by atoms with Gasteiger partial charge < -0.3 is 18.9 Å². The number of carbonyl (C=O) groups is 1. The van der Waals surface area contributed by atoms with E-state index in [1.807, 2.05) is 44.2 Å². The van der Waals surface area contributed by atoms with Crippen LogP contribution in [0.1, 0.15) is 44.9 Å². The number of fused-ring (bicyclic) bond motifs is 1. The Hall–Kier alpha value is -3.85. The Kier molecular flexibility index (Phi) is 7.83. The predicted octanol–water partition coefficient (Wildman–Crippen LogP) is 3.60. The van der Waals surface area contributed by atoms with Crippen LogP contribution in [-0.4, -0.2) is 37.5 Å². The van der Waals surface area contributed by atoms with Gasteiger partial charge in [-0.05, 0) is 69.2 Å². The first-order valence-electron chi connectivity index (χ1n) is 12.0. The van der Waals surface area contributed by atoms with Crippen LogP contribution in [0.3, 0.4) is 0 Å². The van der Waals surface area contributed by atoms with Gasteiger partial charge in [-0.15, -0.1) is 0 Å². The van der Waals surface area contributed by atoms with Crippen molar-refractivity contribution in [3.8, 4) is 17.2 Å². The van der Waals surface area contributed by atoms with Crippen molar-refractivity contribution < 1.29 is 23.7 Å². The highest BCUT2D eigenvalue weighted by Gasteiger charge is 2.34. The highest BCUT2D eigenvalue weighted by atomic mass is 32.1. The topological polar surface area (TPSA) is 88.4 Å². The molecular weight excluding hydrogens is 492 g/mol. The molecule has 194 valence electrons. The molecule has 0 spiro atoms. The molecule has 0 aliphatic carbocycles. The second-order valence-corrected chi connectivity index (χ2v) is 9.66. The lowest BCUT2D eigenvalue weighted by atomic mass is 9.95. The molecule has 0 saturated heterocycles. The summed E-state index contributed by atoms with van der Waals surface area (Å²) in [7, 11) is 3.15. The van der Waals surface area contributed by atoms with Crippen molar-refractivity contribution in [3.05, 3.63) is 84.5 Å². The summed E-state index contributed by atoms with van der Waals surface area (Å²) in [6.45, 7) is 7.56. The van der Waals surface area contributed by atoms with Gasteiger partial charge in [0, 0.05) is 0 Å². The van der Waals surface area contributed by atoms with E-state index in [1.54, 1.807) is 50.8 Å². The Labute approximate surface area is 219 Å². The van der Waals surface area contributed by atoms with Crippen molar-refractivity contribution in [3.63, 3.8) is 0 Å². The molecule has 0 amide bonds. The number of aromatic nitrogens is 1. The minimum atomic E-state index is -0.746. The highest BCUT2D eigenvalue weighted by molar-refractivity contribution is 7.07. The quantitative estimate of drug-likeness (QED) is 0.420. The summed E-state index contributed by atoms with van der Waals surface area (Å²) in [5.41, 5.74) is 2.05. The summed E-state index contributed by atoms with van der Waals surface area (Å²) >= 11 is 1.27. The van der Waals surface area contributed by atoms with E-state index in [9.17, 15) is 9.59 Å². The van der Waals surface area contributed by atoms with Crippen LogP contribution < -0.4 is 29.1 Å². The van der Waals surface area contributed by atoms with Crippen molar-refractivity contribution in [2.24, 2.45) is 4.99 Å². The maximum atomic E-state index is 13.8. The minimum Gasteiger partial charge on any atom is -0.497 e. The zero-order valence-electron chi connectivity index (χ0n) is 21.7. The van der Waals surface area contributed by atoms with Crippen molar-refractivity contribution in [2.45, 2.75) is 39.8 Å². The molecule has 1 aliphatic rings. The third-order valence-corrected chi connectivity index (χ3v) is 6.76. The van der Waals surface area contributed by atoms with E-state index in [0.717, 1.165) is 5.56 Å². The Morgan fingerprint density at radius 3 is 2.59 bits per heavy atom. The lowest BCUT2D eigenvalue weighted by Crippen LogP contribution is -2.40. The second-order valence-electron chi connectivity index (χ2n) is 8.66. The number of allylic oxidation sites excluding steroid dienone is 1. The molecule has 0 fully saturated rings. The number of rotatable bonds is 8. The summed E-state index contributed by atoms with van der Waals surface area (Å²) in [5.74, 6) is 1.25. The van der Waals surface area contributed by atoms with Crippen LogP contribution in [0.15, 0.2) is 63.5 Å². The van der Waals surface area contributed by atoms with Crippen molar-refractivity contribution in [1.82, 2.24) is 4.57 Å². The van der Waals surface area contributed by atoms with Gasteiger partial charge in [-0.1, -0.05) is 29.5 Å². The normalized spacial score (nSPS) is 15.3. The largest absolute Gasteiger partial charge is 0.497 e. The SMILES string of the molecule is CCOC(=O)C1=C(C)N=c2s/c(=C\c3cccc(OC)c3)c(=O)n2[C@@H]1c1ccc(OC(C)C)c(OC)c1. The average Bonchev–Trinajstić information content (AvgIpc) is 3.17. The monoisotopic (exact) mass is 522 g/mol. The van der Waals surface area contributed by atoms with Crippen molar-refractivity contribution in [1.29, 1.82) is 0 Å². The van der Waals surface area contributed by atoms with Crippen LogP contribution in [0.2, 0.25) is 0 Å². The van der Waals surface area contributed by atoms with Crippen LogP contribution >= 0.6 is 11.3 Å². The molecule has 3 aromatic rings. The number of hydrogen-bond donors (Lipinski definition) is 0. The molecule has 2 heterocycles. The summed E-state index contributed by atoms with van der Waals surface area (Å²) in [6, 6.07) is 12.1. The number of nitrogens with zero attached hydrogens (tertiary/aromatic N) is 2. The summed E-state index contributed by atoms with van der Waals surface area (Å²) in [5, 5.41) is 0. The number of hydrogen-bond acceptors (Lipinski definition) is 8. The van der Waals surface area contributed by atoms with E-state index in [-0.39, 0.29) is 18.3 Å². The average molecular weight is 523 g/mol. The van der Waals surface area contributed by atoms with Gasteiger partial charge in [0.25, 0.3) is 5.56 Å². The number of benzene rings is 2. The van der Waals surface area contributed by atoms with Crippen LogP contribution in [0, 0.1) is 0 Å². The second kappa shape index (κ2) is 11.0. The third kappa shape index (κ3) is 5.32. The van der Waals surface area contributed by atoms with Crippen LogP contribution in [0.5, 0.6) is 17.2 Å². The Balaban J connectivity index is 1.94. The number of methoxy groups -OCH3 is 2. The number of carbonyl (C=O) groups excluding carboxylic acids is 1. The summed E-state index contributed by atoms with van der Waals surface area (Å²) in [6.07, 6.45) is 1.75. The van der Waals surface area contributed by atoms with Crippen molar-refractivity contribution in [2.75, 3.05) is 20.8 Å². The van der Waals surface area contributed by atoms with Gasteiger partial charge in [-0.2, -0.15) is 0 Å². The van der Waals surface area contributed by atoms with Gasteiger partial charge >= 0.3 is 5.97 Å². The fourth-order valence-electron chi connectivity index (χ4n) is 4.20. The zero-order chi connectivity index (χ0) is 26.7. The van der Waals surface area contributed by atoms with E-state index in [1.165, 1.54) is 11.3 Å². The van der Waals surface area contributed by atoms with E-state index < -0.39 is 12.0 Å². The Morgan fingerprint density at radius 1 is 1.14 bits per heavy atom. The van der Waals surface area contributed by atoms with E-state index in [2.05, 4.69) is 4.99 Å². The molecule has 9 heteroatoms. The summed E-state index contributed by atoms with van der Waals surface area (Å²) < 4.78 is 24.2. The smallest absolute Gasteiger partial charge is 0.338 e. The Bertz CT molecular complexity index is 1530. The first-order chi connectivity index (χ1) is 17.8. The highest BCUT2D eigenvalue weighted by Crippen LogP contribution is 2.36. The zero-order valence-corrected chi connectivity index (χ0v) is 22.5. The molecule has 0 radical (unpaired) electrons. The standard InChI is InChI=1S/C28H30N2O6S/c1-7-35-27(32)24-17(4)29-28-30(25(24)19-11-12-21(36-16(2)3)22(15-19)34-6)26(31)23(37-28)14-18-9-8-10-20(13-18)33-5/h8-16,25H,7H2,1-6H3/b23-14-/t25-/m1/s1. The Morgan fingerprint density at radius 2 is 1.92 bits per heavy atom. The molecule has 1 aliphatic heterocycles. The number of thiazole rings is 1. The number of ether oxygens (including phenoxy) is 4. The molecule has 0 saturated carbocycles. The minimum absolute atomic E-state index is 0.0498. The molecule has 0 unspecified atom stereocenters. The van der Waals surface area contributed by atoms with Crippen LogP contribution in [0.4, 0.5) is 0 Å². The maximum Gasteiger partial charge on any atom is 0.338 e. The fraction of sp³-hybridized carbons (Fsp3) is 0.321. The lowest BCUT2D eigenvalue weighted by molar-refractivity contribution is -0.139. The molecular formula is C28H30N2O6S. The van der Waals surface area contributed by atoms with Gasteiger partial charge in [-0.3, -0.25) is 9.36 Å². The molecule has 0 N–H and O–H groups in total. The molecule has 37 heavy (non-hydrogen) atoms. The molecule has 8 nitrogen and oxygen atoms in total. The van der Waals surface area contributed by atoms with E-state index in [0.29, 0.717) is 43.4 Å². The van der Waals surface area contributed by atoms with E-state index in [4.69, 9.17) is 18.9 Å². The predicted molar refractivity (Wildman–Crippen MR) is 142 cm³/mol. The van der Waals surface area contributed by atoms with Gasteiger partial charge in [0.2, 0.25) is 0 Å².